The van der Waals surface area contributed by atoms with Crippen molar-refractivity contribution < 1.29 is 4.74 Å². The van der Waals surface area contributed by atoms with Gasteiger partial charge in [-0.3, -0.25) is 0 Å². The van der Waals surface area contributed by atoms with Crippen LogP contribution in [-0.2, 0) is 12.8 Å². The molecule has 110 valence electrons. The lowest BCUT2D eigenvalue weighted by molar-refractivity contribution is 0.145. The van der Waals surface area contributed by atoms with Crippen molar-refractivity contribution in [3.63, 3.8) is 0 Å². The van der Waals surface area contributed by atoms with Crippen LogP contribution in [0.2, 0.25) is 0 Å². The van der Waals surface area contributed by atoms with Gasteiger partial charge in [0.05, 0.1) is 0 Å². The highest BCUT2D eigenvalue weighted by molar-refractivity contribution is 5.38. The molecule has 0 radical (unpaired) electrons. The topological polar surface area (TPSA) is 21.3 Å². The molecule has 2 heteroatoms. The molecule has 1 fully saturated rings. The predicted molar refractivity (Wildman–Crippen MR) is 83.4 cm³/mol. The summed E-state index contributed by atoms with van der Waals surface area (Å²) in [6.45, 7) is 3.23. The SMILES string of the molecule is CCNC1CCCCCC1Oc1ccc2c(c1)CCC2. The van der Waals surface area contributed by atoms with Gasteiger partial charge >= 0.3 is 0 Å². The number of likely N-dealkylation sites (N-methyl/N-ethyl adjacent to an activating group) is 1. The molecule has 2 aliphatic carbocycles. The van der Waals surface area contributed by atoms with E-state index < -0.39 is 0 Å². The van der Waals surface area contributed by atoms with Gasteiger partial charge in [0.15, 0.2) is 0 Å². The Morgan fingerprint density at radius 2 is 1.90 bits per heavy atom. The number of hydrogen-bond donors (Lipinski definition) is 1. The summed E-state index contributed by atoms with van der Waals surface area (Å²) >= 11 is 0. The number of hydrogen-bond acceptors (Lipinski definition) is 2. The Kier molecular flexibility index (Phi) is 4.62. The van der Waals surface area contributed by atoms with Gasteiger partial charge in [-0.25, -0.2) is 0 Å². The molecule has 1 aromatic rings. The molecule has 2 aliphatic rings. The van der Waals surface area contributed by atoms with Gasteiger partial charge in [-0.15, -0.1) is 0 Å². The lowest BCUT2D eigenvalue weighted by atomic mass is 10.1. The average molecular weight is 273 g/mol. The van der Waals surface area contributed by atoms with Crippen LogP contribution >= 0.6 is 0 Å². The molecular formula is C18H27NO. The van der Waals surface area contributed by atoms with Gasteiger partial charge < -0.3 is 10.1 Å². The lowest BCUT2D eigenvalue weighted by Gasteiger charge is -2.27. The second-order valence-corrected chi connectivity index (χ2v) is 6.24. The Bertz CT molecular complexity index is 443. The van der Waals surface area contributed by atoms with E-state index in [9.17, 15) is 0 Å². The Balaban J connectivity index is 1.70. The van der Waals surface area contributed by atoms with Gasteiger partial charge in [-0.2, -0.15) is 0 Å². The molecular weight excluding hydrogens is 246 g/mol. The fourth-order valence-electron chi connectivity index (χ4n) is 3.71. The van der Waals surface area contributed by atoms with E-state index in [4.69, 9.17) is 4.74 Å². The van der Waals surface area contributed by atoms with Crippen molar-refractivity contribution in [2.75, 3.05) is 6.54 Å². The maximum atomic E-state index is 6.36. The monoisotopic (exact) mass is 273 g/mol. The second kappa shape index (κ2) is 6.62. The molecule has 20 heavy (non-hydrogen) atoms. The van der Waals surface area contributed by atoms with E-state index in [-0.39, 0.29) is 0 Å². The van der Waals surface area contributed by atoms with Crippen LogP contribution in [0.5, 0.6) is 5.75 Å². The van der Waals surface area contributed by atoms with Crippen LogP contribution in [-0.4, -0.2) is 18.7 Å². The van der Waals surface area contributed by atoms with E-state index in [0.717, 1.165) is 12.3 Å². The minimum Gasteiger partial charge on any atom is -0.489 e. The van der Waals surface area contributed by atoms with Gasteiger partial charge in [0.25, 0.3) is 0 Å². The summed E-state index contributed by atoms with van der Waals surface area (Å²) in [7, 11) is 0. The maximum absolute atomic E-state index is 6.36. The van der Waals surface area contributed by atoms with Crippen molar-refractivity contribution in [1.82, 2.24) is 5.32 Å². The Morgan fingerprint density at radius 3 is 2.80 bits per heavy atom. The zero-order valence-electron chi connectivity index (χ0n) is 12.7. The average Bonchev–Trinajstić information content (AvgIpc) is 2.82. The third-order valence-electron chi connectivity index (χ3n) is 4.78. The van der Waals surface area contributed by atoms with Crippen LogP contribution in [0, 0.1) is 0 Å². The quantitative estimate of drug-likeness (QED) is 0.841. The molecule has 1 aromatic carbocycles. The van der Waals surface area contributed by atoms with Crippen LogP contribution in [0.15, 0.2) is 18.2 Å². The third-order valence-corrected chi connectivity index (χ3v) is 4.78. The third kappa shape index (κ3) is 3.17. The molecule has 0 heterocycles. The van der Waals surface area contributed by atoms with Crippen LogP contribution < -0.4 is 10.1 Å². The molecule has 0 aliphatic heterocycles. The standard InChI is InChI=1S/C18H27NO/c1-2-19-17-9-4-3-5-10-18(17)20-16-12-11-14-7-6-8-15(14)13-16/h11-13,17-19H,2-10H2,1H3. The minimum absolute atomic E-state index is 0.344. The van der Waals surface area contributed by atoms with Crippen molar-refractivity contribution >= 4 is 0 Å². The van der Waals surface area contributed by atoms with Gasteiger partial charge in [0, 0.05) is 6.04 Å². The fourth-order valence-corrected chi connectivity index (χ4v) is 3.71. The molecule has 1 N–H and O–H groups in total. The first kappa shape index (κ1) is 13.9. The first-order valence-electron chi connectivity index (χ1n) is 8.38. The summed E-state index contributed by atoms with van der Waals surface area (Å²) < 4.78 is 6.36. The first-order chi connectivity index (χ1) is 9.86. The summed E-state index contributed by atoms with van der Waals surface area (Å²) in [6.07, 6.45) is 10.6. The number of benzene rings is 1. The van der Waals surface area contributed by atoms with Gasteiger partial charge in [-0.1, -0.05) is 25.8 Å². The summed E-state index contributed by atoms with van der Waals surface area (Å²) in [5, 5.41) is 3.62. The molecule has 2 atom stereocenters. The Morgan fingerprint density at radius 1 is 1.05 bits per heavy atom. The van der Waals surface area contributed by atoms with E-state index in [2.05, 4.69) is 30.4 Å². The number of nitrogens with one attached hydrogen (secondary N) is 1. The molecule has 0 aromatic heterocycles. The van der Waals surface area contributed by atoms with Crippen molar-refractivity contribution in [2.45, 2.75) is 70.4 Å². The molecule has 2 nitrogen and oxygen atoms in total. The second-order valence-electron chi connectivity index (χ2n) is 6.24. The molecule has 0 saturated heterocycles. The molecule has 2 unspecified atom stereocenters. The number of rotatable bonds is 4. The summed E-state index contributed by atoms with van der Waals surface area (Å²) in [5.74, 6) is 1.08. The highest BCUT2D eigenvalue weighted by Gasteiger charge is 2.25. The van der Waals surface area contributed by atoms with E-state index in [1.807, 2.05) is 0 Å². The predicted octanol–water partition coefficient (Wildman–Crippen LogP) is 3.86. The summed E-state index contributed by atoms with van der Waals surface area (Å²) in [6, 6.07) is 7.26. The van der Waals surface area contributed by atoms with E-state index in [0.29, 0.717) is 12.1 Å². The molecule has 3 rings (SSSR count). The Hall–Kier alpha value is -1.02. The van der Waals surface area contributed by atoms with Crippen molar-refractivity contribution in [1.29, 1.82) is 0 Å². The largest absolute Gasteiger partial charge is 0.489 e. The van der Waals surface area contributed by atoms with E-state index in [1.54, 1.807) is 0 Å². The number of ether oxygens (including phenoxy) is 1. The lowest BCUT2D eigenvalue weighted by Crippen LogP contribution is -2.42. The summed E-state index contributed by atoms with van der Waals surface area (Å²) in [4.78, 5) is 0. The Labute approximate surface area is 122 Å². The van der Waals surface area contributed by atoms with Gasteiger partial charge in [-0.05, 0) is 68.3 Å². The van der Waals surface area contributed by atoms with E-state index in [1.165, 1.54) is 62.5 Å². The van der Waals surface area contributed by atoms with Crippen LogP contribution in [0.4, 0.5) is 0 Å². The molecule has 0 spiro atoms. The first-order valence-corrected chi connectivity index (χ1v) is 8.38. The smallest absolute Gasteiger partial charge is 0.120 e. The van der Waals surface area contributed by atoms with Crippen molar-refractivity contribution in [2.24, 2.45) is 0 Å². The number of fused-ring (bicyclic) bond motifs is 1. The maximum Gasteiger partial charge on any atom is 0.120 e. The molecule has 0 amide bonds. The summed E-state index contributed by atoms with van der Waals surface area (Å²) in [5.41, 5.74) is 3.04. The van der Waals surface area contributed by atoms with E-state index >= 15 is 0 Å². The number of aryl methyl sites for hydroxylation is 2. The van der Waals surface area contributed by atoms with Crippen LogP contribution in [0.1, 0.15) is 56.6 Å². The van der Waals surface area contributed by atoms with Gasteiger partial charge in [0.1, 0.15) is 11.9 Å². The highest BCUT2D eigenvalue weighted by atomic mass is 16.5. The van der Waals surface area contributed by atoms with Crippen LogP contribution in [0.25, 0.3) is 0 Å². The van der Waals surface area contributed by atoms with Crippen LogP contribution in [0.3, 0.4) is 0 Å². The van der Waals surface area contributed by atoms with Crippen molar-refractivity contribution in [3.05, 3.63) is 29.3 Å². The fraction of sp³-hybridized carbons (Fsp3) is 0.667. The van der Waals surface area contributed by atoms with Crippen molar-refractivity contribution in [3.8, 4) is 5.75 Å². The normalized spacial score (nSPS) is 26.1. The minimum atomic E-state index is 0.344. The molecule has 0 bridgehead atoms. The molecule has 1 saturated carbocycles. The zero-order chi connectivity index (χ0) is 13.8. The highest BCUT2D eigenvalue weighted by Crippen LogP contribution is 2.28. The van der Waals surface area contributed by atoms with Gasteiger partial charge in [0.2, 0.25) is 0 Å². The zero-order valence-corrected chi connectivity index (χ0v) is 12.7.